The molecule has 0 amide bonds. The van der Waals surface area contributed by atoms with Gasteiger partial charge >= 0.3 is 11.9 Å². The molecule has 0 bridgehead atoms. The van der Waals surface area contributed by atoms with Crippen LogP contribution in [0.2, 0.25) is 0 Å². The van der Waals surface area contributed by atoms with Crippen LogP contribution in [0, 0.1) is 6.92 Å². The second kappa shape index (κ2) is 6.74. The molecule has 0 fully saturated rings. The highest BCUT2D eigenvalue weighted by Gasteiger charge is 2.14. The van der Waals surface area contributed by atoms with Crippen molar-refractivity contribution in [2.75, 3.05) is 13.7 Å². The highest BCUT2D eigenvalue weighted by molar-refractivity contribution is 5.90. The third-order valence-corrected chi connectivity index (χ3v) is 2.44. The molecule has 0 spiro atoms. The smallest absolute Gasteiger partial charge is 0.339 e. The standard InChI is InChI=1S/C13H17NO4/c1-4-18-12(15)6-5-10-7-9(2)14-8-11(10)13(16)17-3/h7-8H,4-6H2,1-3H3. The Morgan fingerprint density at radius 1 is 1.39 bits per heavy atom. The zero-order chi connectivity index (χ0) is 13.5. The first-order valence-corrected chi connectivity index (χ1v) is 5.78. The van der Waals surface area contributed by atoms with Crippen LogP contribution in [0.5, 0.6) is 0 Å². The normalized spacial score (nSPS) is 9.94. The number of esters is 2. The van der Waals surface area contributed by atoms with Gasteiger partial charge in [-0.2, -0.15) is 0 Å². The number of nitrogens with zero attached hydrogens (tertiary/aromatic N) is 1. The van der Waals surface area contributed by atoms with Gasteiger partial charge < -0.3 is 9.47 Å². The Kier molecular flexibility index (Phi) is 5.30. The van der Waals surface area contributed by atoms with Crippen LogP contribution < -0.4 is 0 Å². The Balaban J connectivity index is 2.82. The number of aryl methyl sites for hydroxylation is 2. The molecule has 1 aromatic rings. The van der Waals surface area contributed by atoms with E-state index in [1.807, 2.05) is 6.92 Å². The molecule has 0 saturated carbocycles. The topological polar surface area (TPSA) is 65.5 Å². The molecule has 5 heteroatoms. The van der Waals surface area contributed by atoms with E-state index in [4.69, 9.17) is 4.74 Å². The summed E-state index contributed by atoms with van der Waals surface area (Å²) in [6.07, 6.45) is 2.15. The molecule has 0 atom stereocenters. The fraction of sp³-hybridized carbons (Fsp3) is 0.462. The van der Waals surface area contributed by atoms with Gasteiger partial charge in [-0.3, -0.25) is 9.78 Å². The summed E-state index contributed by atoms with van der Waals surface area (Å²) < 4.78 is 9.53. The molecule has 1 aromatic heterocycles. The van der Waals surface area contributed by atoms with Gasteiger partial charge in [-0.05, 0) is 31.9 Å². The van der Waals surface area contributed by atoms with Crippen LogP contribution in [0.15, 0.2) is 12.3 Å². The summed E-state index contributed by atoms with van der Waals surface area (Å²) >= 11 is 0. The van der Waals surface area contributed by atoms with Crippen molar-refractivity contribution in [1.82, 2.24) is 4.98 Å². The van der Waals surface area contributed by atoms with E-state index in [0.29, 0.717) is 18.6 Å². The first-order valence-electron chi connectivity index (χ1n) is 5.78. The van der Waals surface area contributed by atoms with E-state index < -0.39 is 5.97 Å². The Labute approximate surface area is 106 Å². The number of methoxy groups -OCH3 is 1. The summed E-state index contributed by atoms with van der Waals surface area (Å²) in [6.45, 7) is 3.95. The number of aromatic nitrogens is 1. The lowest BCUT2D eigenvalue weighted by Crippen LogP contribution is -2.10. The van der Waals surface area contributed by atoms with Crippen molar-refractivity contribution in [3.05, 3.63) is 29.1 Å². The third-order valence-electron chi connectivity index (χ3n) is 2.44. The van der Waals surface area contributed by atoms with Crippen molar-refractivity contribution in [1.29, 1.82) is 0 Å². The maximum atomic E-state index is 11.5. The Hall–Kier alpha value is -1.91. The minimum atomic E-state index is -0.443. The molecule has 0 aliphatic rings. The number of carbonyl (C=O) groups excluding carboxylic acids is 2. The molecule has 1 rings (SSSR count). The van der Waals surface area contributed by atoms with E-state index in [1.165, 1.54) is 13.3 Å². The van der Waals surface area contributed by atoms with Crippen LogP contribution in [0.3, 0.4) is 0 Å². The molecule has 0 N–H and O–H groups in total. The van der Waals surface area contributed by atoms with Crippen molar-refractivity contribution >= 4 is 11.9 Å². The first-order chi connectivity index (χ1) is 8.58. The molecule has 0 aliphatic carbocycles. The van der Waals surface area contributed by atoms with Crippen LogP contribution in [0.25, 0.3) is 0 Å². The second-order valence-corrected chi connectivity index (χ2v) is 3.78. The van der Waals surface area contributed by atoms with E-state index in [1.54, 1.807) is 13.0 Å². The van der Waals surface area contributed by atoms with Crippen LogP contribution >= 0.6 is 0 Å². The average Bonchev–Trinajstić information content (AvgIpc) is 2.36. The molecule has 0 unspecified atom stereocenters. The van der Waals surface area contributed by atoms with Gasteiger partial charge in [0, 0.05) is 18.3 Å². The van der Waals surface area contributed by atoms with Gasteiger partial charge in [-0.25, -0.2) is 4.79 Å². The summed E-state index contributed by atoms with van der Waals surface area (Å²) in [5.74, 6) is -0.718. The maximum absolute atomic E-state index is 11.5. The van der Waals surface area contributed by atoms with Gasteiger partial charge in [0.2, 0.25) is 0 Å². The minimum absolute atomic E-state index is 0.237. The lowest BCUT2D eigenvalue weighted by molar-refractivity contribution is -0.143. The lowest BCUT2D eigenvalue weighted by Gasteiger charge is -2.08. The average molecular weight is 251 g/mol. The van der Waals surface area contributed by atoms with Crippen LogP contribution in [0.4, 0.5) is 0 Å². The van der Waals surface area contributed by atoms with Gasteiger partial charge in [-0.1, -0.05) is 0 Å². The predicted molar refractivity (Wildman–Crippen MR) is 65.3 cm³/mol. The van der Waals surface area contributed by atoms with E-state index in [0.717, 1.165) is 11.3 Å². The largest absolute Gasteiger partial charge is 0.466 e. The number of ether oxygens (including phenoxy) is 2. The first kappa shape index (κ1) is 14.2. The van der Waals surface area contributed by atoms with Crippen LogP contribution in [-0.2, 0) is 20.7 Å². The van der Waals surface area contributed by atoms with Gasteiger partial charge in [-0.15, -0.1) is 0 Å². The van der Waals surface area contributed by atoms with E-state index >= 15 is 0 Å². The number of hydrogen-bond acceptors (Lipinski definition) is 5. The Morgan fingerprint density at radius 2 is 2.11 bits per heavy atom. The molecular weight excluding hydrogens is 234 g/mol. The molecule has 5 nitrogen and oxygen atoms in total. The highest BCUT2D eigenvalue weighted by Crippen LogP contribution is 2.13. The van der Waals surface area contributed by atoms with E-state index in [-0.39, 0.29) is 12.4 Å². The third kappa shape index (κ3) is 3.84. The highest BCUT2D eigenvalue weighted by atomic mass is 16.5. The number of hydrogen-bond donors (Lipinski definition) is 0. The van der Waals surface area contributed by atoms with Gasteiger partial charge in [0.25, 0.3) is 0 Å². The Morgan fingerprint density at radius 3 is 2.72 bits per heavy atom. The molecule has 0 saturated heterocycles. The quantitative estimate of drug-likeness (QED) is 0.745. The maximum Gasteiger partial charge on any atom is 0.339 e. The van der Waals surface area contributed by atoms with Crippen LogP contribution in [-0.4, -0.2) is 30.6 Å². The SMILES string of the molecule is CCOC(=O)CCc1cc(C)ncc1C(=O)OC. The van der Waals surface area contributed by atoms with Crippen molar-refractivity contribution in [2.45, 2.75) is 26.7 Å². The van der Waals surface area contributed by atoms with Gasteiger partial charge in [0.15, 0.2) is 0 Å². The molecule has 98 valence electrons. The molecule has 0 aromatic carbocycles. The molecular formula is C13H17NO4. The summed E-state index contributed by atoms with van der Waals surface area (Å²) in [4.78, 5) is 26.9. The van der Waals surface area contributed by atoms with Crippen molar-refractivity contribution in [3.8, 4) is 0 Å². The summed E-state index contributed by atoms with van der Waals surface area (Å²) in [5, 5.41) is 0. The van der Waals surface area contributed by atoms with E-state index in [9.17, 15) is 9.59 Å². The monoisotopic (exact) mass is 251 g/mol. The van der Waals surface area contributed by atoms with Gasteiger partial charge in [0.1, 0.15) is 0 Å². The zero-order valence-corrected chi connectivity index (χ0v) is 10.9. The van der Waals surface area contributed by atoms with Crippen molar-refractivity contribution in [3.63, 3.8) is 0 Å². The Bertz CT molecular complexity index is 443. The molecule has 0 radical (unpaired) electrons. The second-order valence-electron chi connectivity index (χ2n) is 3.78. The summed E-state index contributed by atoms with van der Waals surface area (Å²) in [7, 11) is 1.32. The molecule has 1 heterocycles. The fourth-order valence-electron chi connectivity index (χ4n) is 1.59. The van der Waals surface area contributed by atoms with Gasteiger partial charge in [0.05, 0.1) is 19.3 Å². The lowest BCUT2D eigenvalue weighted by atomic mass is 10.0. The molecule has 0 aliphatic heterocycles. The summed E-state index contributed by atoms with van der Waals surface area (Å²) in [6, 6.07) is 1.78. The zero-order valence-electron chi connectivity index (χ0n) is 10.9. The number of pyridine rings is 1. The predicted octanol–water partition coefficient (Wildman–Crippen LogP) is 1.67. The van der Waals surface area contributed by atoms with Crippen LogP contribution in [0.1, 0.15) is 35.0 Å². The molecule has 18 heavy (non-hydrogen) atoms. The minimum Gasteiger partial charge on any atom is -0.466 e. The fourth-order valence-corrected chi connectivity index (χ4v) is 1.59. The number of carbonyl (C=O) groups is 2. The van der Waals surface area contributed by atoms with Crippen molar-refractivity contribution < 1.29 is 19.1 Å². The number of rotatable bonds is 5. The van der Waals surface area contributed by atoms with Crippen molar-refractivity contribution in [2.24, 2.45) is 0 Å². The summed E-state index contributed by atoms with van der Waals surface area (Å²) in [5.41, 5.74) is 1.94. The van der Waals surface area contributed by atoms with E-state index in [2.05, 4.69) is 9.72 Å².